The predicted octanol–water partition coefficient (Wildman–Crippen LogP) is 10.7. The van der Waals surface area contributed by atoms with E-state index in [1.807, 2.05) is 25.0 Å². The maximum Gasteiger partial charge on any atom is 0.0212 e. The van der Waals surface area contributed by atoms with E-state index in [4.69, 9.17) is 0 Å². The van der Waals surface area contributed by atoms with Crippen molar-refractivity contribution < 1.29 is 0 Å². The van der Waals surface area contributed by atoms with Gasteiger partial charge in [-0.15, -0.1) is 0 Å². The van der Waals surface area contributed by atoms with Gasteiger partial charge in [-0.2, -0.15) is 12.6 Å². The second kappa shape index (κ2) is 13.1. The van der Waals surface area contributed by atoms with Gasteiger partial charge in [0.2, 0.25) is 0 Å². The van der Waals surface area contributed by atoms with Crippen LogP contribution >= 0.6 is 12.6 Å². The standard InChI is InChI=1S/C30H49N.C2H6.CH4S.2CH4/c1-20-10-14-30(31-4)19-29(18-23(30)15-20)13-11-24-25-9-8-22-7-5-6-12-28(22,3)27(25)16-26(24)21(2)17-29;2*1-2;;/h20,22-25,27,31H,5-19H2,1-4H3;1-2H3;2H,1H3;2*1H4. The Balaban J connectivity index is 0.000000767. The van der Waals surface area contributed by atoms with Crippen LogP contribution in [0.25, 0.3) is 0 Å². The number of rotatable bonds is 1. The largest absolute Gasteiger partial charge is 0.314 e. The highest BCUT2D eigenvalue weighted by atomic mass is 32.1. The molecule has 1 nitrogen and oxygen atoms in total. The molecule has 0 aromatic heterocycles. The fraction of sp³-hybridized carbons (Fsp3) is 0.943. The van der Waals surface area contributed by atoms with Gasteiger partial charge in [-0.3, -0.25) is 0 Å². The van der Waals surface area contributed by atoms with Gasteiger partial charge in [-0.25, -0.2) is 0 Å². The van der Waals surface area contributed by atoms with Gasteiger partial charge in [-0.1, -0.05) is 66.5 Å². The van der Waals surface area contributed by atoms with Crippen LogP contribution in [-0.4, -0.2) is 18.8 Å². The molecule has 9 atom stereocenters. The van der Waals surface area contributed by atoms with E-state index in [0.717, 1.165) is 35.5 Å². The van der Waals surface area contributed by atoms with E-state index in [-0.39, 0.29) is 14.9 Å². The molecule has 5 saturated carbocycles. The summed E-state index contributed by atoms with van der Waals surface area (Å²) >= 11 is 3.53. The molecule has 2 heteroatoms. The smallest absolute Gasteiger partial charge is 0.0212 e. The molecule has 0 saturated heterocycles. The topological polar surface area (TPSA) is 12.0 Å². The summed E-state index contributed by atoms with van der Waals surface area (Å²) in [6, 6.07) is 0. The van der Waals surface area contributed by atoms with Crippen molar-refractivity contribution in [1.82, 2.24) is 5.32 Å². The van der Waals surface area contributed by atoms with E-state index >= 15 is 0 Å². The maximum atomic E-state index is 3.92. The van der Waals surface area contributed by atoms with E-state index in [1.165, 1.54) is 83.5 Å². The highest BCUT2D eigenvalue weighted by Gasteiger charge is 2.59. The third kappa shape index (κ3) is 5.64. The Hall–Kier alpha value is 0.0500. The Morgan fingerprint density at radius 2 is 1.62 bits per heavy atom. The molecule has 0 aromatic rings. The van der Waals surface area contributed by atoms with Gasteiger partial charge in [-0.05, 0) is 150 Å². The zero-order valence-electron chi connectivity index (χ0n) is 24.5. The van der Waals surface area contributed by atoms with Crippen LogP contribution in [0.15, 0.2) is 11.1 Å². The van der Waals surface area contributed by atoms with Gasteiger partial charge >= 0.3 is 0 Å². The van der Waals surface area contributed by atoms with Crippen molar-refractivity contribution in [2.24, 2.45) is 46.3 Å². The summed E-state index contributed by atoms with van der Waals surface area (Å²) in [6.07, 6.45) is 24.2. The molecular formula is C35H67NS. The van der Waals surface area contributed by atoms with Gasteiger partial charge < -0.3 is 5.32 Å². The van der Waals surface area contributed by atoms with E-state index in [0.29, 0.717) is 16.4 Å². The summed E-state index contributed by atoms with van der Waals surface area (Å²) in [4.78, 5) is 0. The van der Waals surface area contributed by atoms with Gasteiger partial charge in [0.25, 0.3) is 0 Å². The van der Waals surface area contributed by atoms with Crippen LogP contribution in [0.4, 0.5) is 0 Å². The number of hydrogen-bond acceptors (Lipinski definition) is 2. The van der Waals surface area contributed by atoms with Gasteiger partial charge in [0.15, 0.2) is 0 Å². The second-order valence-corrected chi connectivity index (χ2v) is 14.0. The molecule has 0 radical (unpaired) electrons. The van der Waals surface area contributed by atoms with Crippen LogP contribution in [0.3, 0.4) is 0 Å². The summed E-state index contributed by atoms with van der Waals surface area (Å²) in [6.45, 7) is 11.8. The van der Waals surface area contributed by atoms with Crippen LogP contribution in [0, 0.1) is 46.3 Å². The molecule has 0 amide bonds. The molecule has 6 rings (SSSR count). The molecule has 37 heavy (non-hydrogen) atoms. The van der Waals surface area contributed by atoms with Gasteiger partial charge in [0, 0.05) is 5.54 Å². The summed E-state index contributed by atoms with van der Waals surface area (Å²) in [5.74, 6) is 5.93. The molecule has 0 aromatic carbocycles. The molecule has 0 heterocycles. The van der Waals surface area contributed by atoms with Gasteiger partial charge in [0.05, 0.1) is 0 Å². The SMILES string of the molecule is C.C.CC.CNC12CCC(C)CC1CC1(CCC3C(=C(C)C1)CC1C3CCC3CCCCC31C)C2.CS. The minimum atomic E-state index is 0. The van der Waals surface area contributed by atoms with E-state index in [1.54, 1.807) is 19.1 Å². The van der Waals surface area contributed by atoms with Crippen LogP contribution in [0.2, 0.25) is 0 Å². The normalized spacial score (nSPS) is 45.7. The Morgan fingerprint density at radius 1 is 0.892 bits per heavy atom. The number of allylic oxidation sites excluding steroid dienone is 2. The average molecular weight is 534 g/mol. The lowest BCUT2D eigenvalue weighted by Gasteiger charge is -2.52. The zero-order chi connectivity index (χ0) is 25.4. The van der Waals surface area contributed by atoms with Crippen molar-refractivity contribution in [1.29, 1.82) is 0 Å². The van der Waals surface area contributed by atoms with Crippen molar-refractivity contribution in [2.75, 3.05) is 13.3 Å². The Morgan fingerprint density at radius 3 is 2.32 bits per heavy atom. The average Bonchev–Trinajstić information content (AvgIpc) is 3.37. The maximum absolute atomic E-state index is 3.92. The third-order valence-electron chi connectivity index (χ3n) is 12.7. The lowest BCUT2D eigenvalue weighted by Crippen LogP contribution is -2.49. The second-order valence-electron chi connectivity index (χ2n) is 14.0. The first kappa shape index (κ1) is 33.3. The van der Waals surface area contributed by atoms with Gasteiger partial charge in [0.1, 0.15) is 0 Å². The first-order valence-corrected chi connectivity index (χ1v) is 16.6. The fourth-order valence-electron chi connectivity index (χ4n) is 11.1. The molecule has 6 aliphatic carbocycles. The Labute approximate surface area is 239 Å². The number of nitrogens with one attached hydrogen (secondary N) is 1. The Kier molecular flexibility index (Phi) is 11.8. The fourth-order valence-corrected chi connectivity index (χ4v) is 11.1. The summed E-state index contributed by atoms with van der Waals surface area (Å²) in [5.41, 5.74) is 5.60. The predicted molar refractivity (Wildman–Crippen MR) is 171 cm³/mol. The highest BCUT2D eigenvalue weighted by molar-refractivity contribution is 7.79. The van der Waals surface area contributed by atoms with Crippen molar-refractivity contribution in [3.63, 3.8) is 0 Å². The molecular weight excluding hydrogens is 466 g/mol. The number of fused-ring (bicyclic) bond motifs is 6. The minimum absolute atomic E-state index is 0. The first-order chi connectivity index (χ1) is 16.9. The number of hydrogen-bond donors (Lipinski definition) is 2. The van der Waals surface area contributed by atoms with Crippen LogP contribution in [0.1, 0.15) is 146 Å². The quantitative estimate of drug-likeness (QED) is 0.252. The van der Waals surface area contributed by atoms with Crippen molar-refractivity contribution >= 4 is 12.6 Å². The summed E-state index contributed by atoms with van der Waals surface area (Å²) in [7, 11) is 2.28. The molecule has 0 bridgehead atoms. The van der Waals surface area contributed by atoms with E-state index in [2.05, 4.69) is 45.8 Å². The van der Waals surface area contributed by atoms with E-state index < -0.39 is 0 Å². The molecule has 0 aliphatic heterocycles. The van der Waals surface area contributed by atoms with Crippen molar-refractivity contribution in [2.45, 2.75) is 151 Å². The monoisotopic (exact) mass is 533 g/mol. The molecule has 9 unspecified atom stereocenters. The molecule has 6 aliphatic rings. The lowest BCUT2D eigenvalue weighted by molar-refractivity contribution is -0.0309. The lowest BCUT2D eigenvalue weighted by atomic mass is 9.52. The molecule has 1 spiro atoms. The zero-order valence-corrected chi connectivity index (χ0v) is 25.4. The first-order valence-electron chi connectivity index (χ1n) is 15.7. The minimum Gasteiger partial charge on any atom is -0.314 e. The molecule has 218 valence electrons. The summed E-state index contributed by atoms with van der Waals surface area (Å²) < 4.78 is 0. The third-order valence-corrected chi connectivity index (χ3v) is 12.7. The summed E-state index contributed by atoms with van der Waals surface area (Å²) in [5, 5.41) is 3.92. The van der Waals surface area contributed by atoms with Crippen LogP contribution < -0.4 is 5.32 Å². The van der Waals surface area contributed by atoms with Crippen molar-refractivity contribution in [3.05, 3.63) is 11.1 Å². The molecule has 5 fully saturated rings. The Bertz CT molecular complexity index is 758. The van der Waals surface area contributed by atoms with Crippen LogP contribution in [-0.2, 0) is 0 Å². The van der Waals surface area contributed by atoms with Crippen LogP contribution in [0.5, 0.6) is 0 Å². The number of thiol groups is 1. The molecule has 1 N–H and O–H groups in total. The van der Waals surface area contributed by atoms with Crippen molar-refractivity contribution in [3.8, 4) is 0 Å². The highest BCUT2D eigenvalue weighted by Crippen LogP contribution is 2.67. The van der Waals surface area contributed by atoms with E-state index in [9.17, 15) is 0 Å².